The van der Waals surface area contributed by atoms with Crippen LogP contribution in [0.5, 0.6) is 0 Å². The lowest BCUT2D eigenvalue weighted by molar-refractivity contribution is -0.125. The zero-order valence-corrected chi connectivity index (χ0v) is 18.0. The van der Waals surface area contributed by atoms with Gasteiger partial charge in [0.05, 0.1) is 12.6 Å². The third-order valence-electron chi connectivity index (χ3n) is 5.58. The highest BCUT2D eigenvalue weighted by molar-refractivity contribution is 7.09. The van der Waals surface area contributed by atoms with Crippen molar-refractivity contribution in [2.24, 2.45) is 0 Å². The smallest absolute Gasteiger partial charge is 0.237 e. The first-order chi connectivity index (χ1) is 14.1. The molecule has 2 heterocycles. The summed E-state index contributed by atoms with van der Waals surface area (Å²) in [5.74, 6) is 0.155. The normalized spacial score (nSPS) is 16.8. The number of amides is 1. The first kappa shape index (κ1) is 19.9. The molecule has 3 aromatic rings. The fourth-order valence-electron chi connectivity index (χ4n) is 4.20. The van der Waals surface area contributed by atoms with Crippen molar-refractivity contribution >= 4 is 17.2 Å². The van der Waals surface area contributed by atoms with E-state index in [4.69, 9.17) is 0 Å². The molecule has 3 nitrogen and oxygen atoms in total. The van der Waals surface area contributed by atoms with Gasteiger partial charge in [0.2, 0.25) is 5.91 Å². The van der Waals surface area contributed by atoms with Crippen LogP contribution < -0.4 is 5.32 Å². The Labute approximate surface area is 177 Å². The van der Waals surface area contributed by atoms with Crippen LogP contribution in [-0.4, -0.2) is 23.4 Å². The van der Waals surface area contributed by atoms with Gasteiger partial charge in [-0.25, -0.2) is 0 Å². The molecule has 4 heteroatoms. The summed E-state index contributed by atoms with van der Waals surface area (Å²) in [6.07, 6.45) is 2.02. The molecule has 0 aliphatic carbocycles. The first-order valence-corrected chi connectivity index (χ1v) is 11.2. The van der Waals surface area contributed by atoms with Gasteiger partial charge < -0.3 is 5.32 Å². The maximum Gasteiger partial charge on any atom is 0.237 e. The number of aryl methyl sites for hydroxylation is 2. The Bertz CT molecular complexity index is 943. The molecule has 0 saturated carbocycles. The molecule has 150 valence electrons. The van der Waals surface area contributed by atoms with Crippen LogP contribution in [0.2, 0.25) is 0 Å². The topological polar surface area (TPSA) is 32.3 Å². The molecular formula is C25H28N2OS. The van der Waals surface area contributed by atoms with Crippen molar-refractivity contribution in [3.05, 3.63) is 81.5 Å². The Morgan fingerprint density at radius 3 is 2.52 bits per heavy atom. The van der Waals surface area contributed by atoms with Crippen LogP contribution >= 0.6 is 11.3 Å². The van der Waals surface area contributed by atoms with Gasteiger partial charge in [0.15, 0.2) is 0 Å². The van der Waals surface area contributed by atoms with E-state index < -0.39 is 0 Å². The predicted molar refractivity (Wildman–Crippen MR) is 121 cm³/mol. The second-order valence-corrected chi connectivity index (χ2v) is 9.03. The van der Waals surface area contributed by atoms with Crippen molar-refractivity contribution in [1.82, 2.24) is 10.2 Å². The molecule has 29 heavy (non-hydrogen) atoms. The summed E-state index contributed by atoms with van der Waals surface area (Å²) in [7, 11) is 0. The van der Waals surface area contributed by atoms with Gasteiger partial charge in [-0.3, -0.25) is 9.69 Å². The number of benzene rings is 2. The van der Waals surface area contributed by atoms with E-state index in [1.807, 2.05) is 11.4 Å². The van der Waals surface area contributed by atoms with Gasteiger partial charge in [-0.1, -0.05) is 59.7 Å². The van der Waals surface area contributed by atoms with Gasteiger partial charge in [-0.05, 0) is 61.4 Å². The van der Waals surface area contributed by atoms with E-state index in [-0.39, 0.29) is 11.9 Å². The van der Waals surface area contributed by atoms with Crippen LogP contribution in [0.25, 0.3) is 11.1 Å². The molecule has 1 aliphatic heterocycles. The molecular weight excluding hydrogens is 376 g/mol. The molecule has 1 aliphatic rings. The average molecular weight is 405 g/mol. The van der Waals surface area contributed by atoms with Crippen molar-refractivity contribution in [2.75, 3.05) is 6.54 Å². The second-order valence-electron chi connectivity index (χ2n) is 8.00. The number of nitrogens with one attached hydrogen (secondary N) is 1. The van der Waals surface area contributed by atoms with Crippen molar-refractivity contribution in [3.63, 3.8) is 0 Å². The Morgan fingerprint density at radius 2 is 1.83 bits per heavy atom. The summed E-state index contributed by atoms with van der Waals surface area (Å²) >= 11 is 1.68. The van der Waals surface area contributed by atoms with Crippen LogP contribution in [0.3, 0.4) is 0 Å². The lowest BCUT2D eigenvalue weighted by Crippen LogP contribution is -2.42. The lowest BCUT2D eigenvalue weighted by Gasteiger charge is -2.23. The molecule has 0 spiro atoms. The molecule has 0 bridgehead atoms. The summed E-state index contributed by atoms with van der Waals surface area (Å²) < 4.78 is 0. The van der Waals surface area contributed by atoms with E-state index in [0.29, 0.717) is 6.54 Å². The van der Waals surface area contributed by atoms with Crippen LogP contribution in [0.1, 0.15) is 34.4 Å². The maximum absolute atomic E-state index is 12.7. The predicted octanol–water partition coefficient (Wildman–Crippen LogP) is 5.31. The summed E-state index contributed by atoms with van der Waals surface area (Å²) in [6, 6.07) is 19.5. The molecule has 1 fully saturated rings. The third-order valence-corrected chi connectivity index (χ3v) is 6.45. The van der Waals surface area contributed by atoms with Gasteiger partial charge in [0, 0.05) is 11.4 Å². The highest BCUT2D eigenvalue weighted by Gasteiger charge is 2.30. The number of rotatable bonds is 6. The summed E-state index contributed by atoms with van der Waals surface area (Å²) in [5, 5.41) is 5.16. The Hall–Kier alpha value is -2.43. The van der Waals surface area contributed by atoms with E-state index >= 15 is 0 Å². The van der Waals surface area contributed by atoms with Crippen LogP contribution in [0, 0.1) is 13.8 Å². The minimum atomic E-state index is -0.0194. The van der Waals surface area contributed by atoms with E-state index in [2.05, 4.69) is 72.6 Å². The molecule has 1 unspecified atom stereocenters. The lowest BCUT2D eigenvalue weighted by atomic mass is 9.99. The van der Waals surface area contributed by atoms with Crippen molar-refractivity contribution in [1.29, 1.82) is 0 Å². The van der Waals surface area contributed by atoms with E-state index in [1.54, 1.807) is 11.3 Å². The number of thiophene rings is 1. The quantitative estimate of drug-likeness (QED) is 0.604. The molecule has 0 radical (unpaired) electrons. The number of hydrogen-bond donors (Lipinski definition) is 1. The Kier molecular flexibility index (Phi) is 6.12. The molecule has 1 amide bonds. The van der Waals surface area contributed by atoms with E-state index in [0.717, 1.165) is 25.9 Å². The largest absolute Gasteiger partial charge is 0.350 e. The molecule has 1 aromatic heterocycles. The fourth-order valence-corrected chi connectivity index (χ4v) is 4.84. The molecule has 1 saturated heterocycles. The number of hydrogen-bond acceptors (Lipinski definition) is 3. The van der Waals surface area contributed by atoms with Crippen LogP contribution in [-0.2, 0) is 17.9 Å². The highest BCUT2D eigenvalue weighted by atomic mass is 32.1. The molecule has 1 atom stereocenters. The van der Waals surface area contributed by atoms with Gasteiger partial charge in [0.25, 0.3) is 0 Å². The first-order valence-electron chi connectivity index (χ1n) is 10.3. The van der Waals surface area contributed by atoms with E-state index in [9.17, 15) is 4.79 Å². The minimum absolute atomic E-state index is 0.0194. The third kappa shape index (κ3) is 4.95. The van der Waals surface area contributed by atoms with Crippen molar-refractivity contribution in [3.8, 4) is 11.1 Å². The van der Waals surface area contributed by atoms with Gasteiger partial charge in [0.1, 0.15) is 0 Å². The number of nitrogens with zero attached hydrogens (tertiary/aromatic N) is 1. The molecule has 2 aromatic carbocycles. The van der Waals surface area contributed by atoms with Crippen molar-refractivity contribution < 1.29 is 4.79 Å². The van der Waals surface area contributed by atoms with Crippen LogP contribution in [0.15, 0.2) is 60.0 Å². The summed E-state index contributed by atoms with van der Waals surface area (Å²) in [5.41, 5.74) is 6.35. The maximum atomic E-state index is 12.7. The Morgan fingerprint density at radius 1 is 1.07 bits per heavy atom. The average Bonchev–Trinajstić information content (AvgIpc) is 3.38. The minimum Gasteiger partial charge on any atom is -0.350 e. The Balaban J connectivity index is 1.39. The van der Waals surface area contributed by atoms with Gasteiger partial charge >= 0.3 is 0 Å². The molecule has 4 rings (SSSR count). The van der Waals surface area contributed by atoms with Gasteiger partial charge in [-0.2, -0.15) is 0 Å². The van der Waals surface area contributed by atoms with Gasteiger partial charge in [-0.15, -0.1) is 11.3 Å². The second kappa shape index (κ2) is 8.93. The summed E-state index contributed by atoms with van der Waals surface area (Å²) in [4.78, 5) is 16.2. The summed E-state index contributed by atoms with van der Waals surface area (Å²) in [6.45, 7) is 6.72. The monoisotopic (exact) mass is 404 g/mol. The standard InChI is InChI=1S/C25H28N2OS/c1-18-13-19(2)15-22(14-18)21-9-7-20(8-10-21)17-27-11-3-6-24(27)25(28)26-16-23-5-4-12-29-23/h4-5,7-10,12-15,24H,3,6,11,16-17H2,1-2H3,(H,26,28). The van der Waals surface area contributed by atoms with Crippen LogP contribution in [0.4, 0.5) is 0 Å². The number of likely N-dealkylation sites (tertiary alicyclic amines) is 1. The number of carbonyl (C=O) groups excluding carboxylic acids is 1. The fraction of sp³-hybridized carbons (Fsp3) is 0.320. The zero-order chi connectivity index (χ0) is 20.2. The van der Waals surface area contributed by atoms with Crippen molar-refractivity contribution in [2.45, 2.75) is 45.8 Å². The molecule has 1 N–H and O–H groups in total. The number of carbonyl (C=O) groups is 1. The highest BCUT2D eigenvalue weighted by Crippen LogP contribution is 2.25. The SMILES string of the molecule is Cc1cc(C)cc(-c2ccc(CN3CCCC3C(=O)NCc3cccs3)cc2)c1. The zero-order valence-electron chi connectivity index (χ0n) is 17.2. The van der Waals surface area contributed by atoms with E-state index in [1.165, 1.54) is 32.7 Å².